The molecule has 4 rings (SSSR count). The number of amidine groups is 1. The zero-order chi connectivity index (χ0) is 27.1. The molecule has 2 saturated heterocycles. The number of anilines is 1. The molecule has 202 valence electrons. The molecule has 10 heteroatoms. The molecule has 0 spiro atoms. The molecular weight excluding hydrogens is 526 g/mol. The minimum atomic E-state index is -0.532. The van der Waals surface area contributed by atoms with E-state index in [4.69, 9.17) is 26.1 Å². The van der Waals surface area contributed by atoms with Crippen molar-refractivity contribution in [3.05, 3.63) is 51.9 Å². The Bertz CT molecular complexity index is 1230. The molecule has 38 heavy (non-hydrogen) atoms. The molecule has 2 aromatic carbocycles. The fourth-order valence-corrected chi connectivity index (χ4v) is 5.62. The van der Waals surface area contributed by atoms with Crippen LogP contribution in [0.1, 0.15) is 38.7 Å². The van der Waals surface area contributed by atoms with Gasteiger partial charge in [0.05, 0.1) is 29.3 Å². The van der Waals surface area contributed by atoms with Crippen molar-refractivity contribution in [2.45, 2.75) is 33.1 Å². The van der Waals surface area contributed by atoms with Crippen molar-refractivity contribution in [1.29, 1.82) is 0 Å². The second kappa shape index (κ2) is 13.1. The highest BCUT2D eigenvalue weighted by molar-refractivity contribution is 8.18. The van der Waals surface area contributed by atoms with Gasteiger partial charge in [-0.2, -0.15) is 0 Å². The van der Waals surface area contributed by atoms with Gasteiger partial charge in [-0.3, -0.25) is 9.69 Å². The maximum Gasteiger partial charge on any atom is 0.343 e. The van der Waals surface area contributed by atoms with E-state index < -0.39 is 5.97 Å². The second-order valence-electron chi connectivity index (χ2n) is 8.75. The molecule has 0 bridgehead atoms. The van der Waals surface area contributed by atoms with Crippen molar-refractivity contribution < 1.29 is 23.8 Å². The predicted molar refractivity (Wildman–Crippen MR) is 153 cm³/mol. The van der Waals surface area contributed by atoms with E-state index in [2.05, 4.69) is 21.8 Å². The number of carbonyl (C=O) groups excluding carboxylic acids is 2. The first-order chi connectivity index (χ1) is 18.4. The van der Waals surface area contributed by atoms with E-state index in [0.717, 1.165) is 18.8 Å². The Morgan fingerprint density at radius 1 is 1.11 bits per heavy atom. The number of rotatable bonds is 9. The van der Waals surface area contributed by atoms with Crippen LogP contribution in [-0.2, 0) is 14.3 Å². The van der Waals surface area contributed by atoms with Gasteiger partial charge in [-0.05, 0) is 92.9 Å². The van der Waals surface area contributed by atoms with Crippen LogP contribution in [0.15, 0.2) is 46.3 Å². The van der Waals surface area contributed by atoms with E-state index in [1.807, 2.05) is 26.0 Å². The predicted octanol–water partition coefficient (Wildman–Crippen LogP) is 5.90. The Kier molecular flexibility index (Phi) is 9.58. The zero-order valence-electron chi connectivity index (χ0n) is 21.9. The van der Waals surface area contributed by atoms with E-state index in [0.29, 0.717) is 34.5 Å². The number of thioether (sulfide) groups is 1. The lowest BCUT2D eigenvalue weighted by Crippen LogP contribution is -2.29. The van der Waals surface area contributed by atoms with Crippen LogP contribution in [0.25, 0.3) is 6.08 Å². The van der Waals surface area contributed by atoms with Crippen LogP contribution in [-0.4, -0.2) is 61.9 Å². The van der Waals surface area contributed by atoms with Crippen molar-refractivity contribution >= 4 is 57.9 Å². The van der Waals surface area contributed by atoms with Gasteiger partial charge in [-0.25, -0.2) is 9.79 Å². The number of nitrogens with zero attached hydrogens (tertiary/aromatic N) is 3. The van der Waals surface area contributed by atoms with E-state index in [1.165, 1.54) is 43.8 Å². The molecule has 0 saturated carbocycles. The normalized spacial score (nSPS) is 17.8. The topological polar surface area (TPSA) is 80.7 Å². The summed E-state index contributed by atoms with van der Waals surface area (Å²) in [4.78, 5) is 34.1. The molecule has 2 fully saturated rings. The van der Waals surface area contributed by atoms with Crippen LogP contribution in [0.2, 0.25) is 5.02 Å². The van der Waals surface area contributed by atoms with Gasteiger partial charge in [-0.15, -0.1) is 0 Å². The van der Waals surface area contributed by atoms with Crippen LogP contribution >= 0.6 is 23.4 Å². The van der Waals surface area contributed by atoms with Crippen molar-refractivity contribution in [1.82, 2.24) is 4.90 Å². The molecule has 0 radical (unpaired) electrons. The number of ether oxygens (including phenoxy) is 3. The molecule has 8 nitrogen and oxygen atoms in total. The van der Waals surface area contributed by atoms with E-state index >= 15 is 0 Å². The number of methoxy groups -OCH3 is 1. The number of hydrogen-bond donors (Lipinski definition) is 0. The molecule has 2 heterocycles. The van der Waals surface area contributed by atoms with Gasteiger partial charge >= 0.3 is 5.97 Å². The van der Waals surface area contributed by atoms with E-state index in [-0.39, 0.29) is 23.3 Å². The number of amides is 1. The molecule has 0 aromatic heterocycles. The first kappa shape index (κ1) is 27.9. The number of benzene rings is 2. The molecule has 2 aliphatic rings. The van der Waals surface area contributed by atoms with Gasteiger partial charge in [0.2, 0.25) is 0 Å². The highest BCUT2D eigenvalue weighted by Gasteiger charge is 2.32. The number of halogens is 1. The molecule has 1 amide bonds. The van der Waals surface area contributed by atoms with Gasteiger partial charge in [-0.1, -0.05) is 11.6 Å². The monoisotopic (exact) mass is 557 g/mol. The van der Waals surface area contributed by atoms with Crippen LogP contribution in [0.3, 0.4) is 0 Å². The second-order valence-corrected chi connectivity index (χ2v) is 10.2. The van der Waals surface area contributed by atoms with Gasteiger partial charge in [0.15, 0.2) is 23.3 Å². The molecular formula is C28H32ClN3O5S. The van der Waals surface area contributed by atoms with Crippen molar-refractivity contribution in [2.24, 2.45) is 4.99 Å². The Hall–Kier alpha value is -3.17. The summed E-state index contributed by atoms with van der Waals surface area (Å²) < 4.78 is 15.8. The average Bonchev–Trinajstić information content (AvgIpc) is 3.22. The summed E-state index contributed by atoms with van der Waals surface area (Å²) in [6.45, 7) is 6.51. The third-order valence-corrected chi connectivity index (χ3v) is 7.48. The molecule has 0 unspecified atom stereocenters. The summed E-state index contributed by atoms with van der Waals surface area (Å²) in [5.74, 6) is -0.0327. The van der Waals surface area contributed by atoms with Crippen LogP contribution in [0.4, 0.5) is 11.4 Å². The summed E-state index contributed by atoms with van der Waals surface area (Å²) >= 11 is 7.78. The highest BCUT2D eigenvalue weighted by atomic mass is 35.5. The fraction of sp³-hybridized carbons (Fsp3) is 0.393. The van der Waals surface area contributed by atoms with Gasteiger partial charge in [0.1, 0.15) is 0 Å². The van der Waals surface area contributed by atoms with Gasteiger partial charge < -0.3 is 19.1 Å². The third kappa shape index (κ3) is 6.63. The van der Waals surface area contributed by atoms with Crippen LogP contribution < -0.4 is 14.4 Å². The minimum absolute atomic E-state index is 0.124. The van der Waals surface area contributed by atoms with Crippen LogP contribution in [0.5, 0.6) is 11.5 Å². The summed E-state index contributed by atoms with van der Waals surface area (Å²) in [6, 6.07) is 11.6. The van der Waals surface area contributed by atoms with E-state index in [1.54, 1.807) is 23.1 Å². The zero-order valence-corrected chi connectivity index (χ0v) is 23.4. The Morgan fingerprint density at radius 2 is 1.84 bits per heavy atom. The van der Waals surface area contributed by atoms with Crippen molar-refractivity contribution in [3.63, 3.8) is 0 Å². The molecule has 0 atom stereocenters. The largest absolute Gasteiger partial charge is 0.490 e. The fourth-order valence-electron chi connectivity index (χ4n) is 4.29. The maximum absolute atomic E-state index is 13.2. The Balaban J connectivity index is 1.56. The first-order valence-electron chi connectivity index (χ1n) is 12.7. The number of carbonyl (C=O) groups is 2. The molecule has 0 N–H and O–H groups in total. The first-order valence-corrected chi connectivity index (χ1v) is 13.9. The van der Waals surface area contributed by atoms with Crippen molar-refractivity contribution in [2.75, 3.05) is 44.9 Å². The van der Waals surface area contributed by atoms with Crippen molar-refractivity contribution in [3.8, 4) is 11.5 Å². The lowest BCUT2D eigenvalue weighted by atomic mass is 10.1. The molecule has 2 aliphatic heterocycles. The van der Waals surface area contributed by atoms with Gasteiger partial charge in [0, 0.05) is 25.3 Å². The molecule has 2 aromatic rings. The lowest BCUT2D eigenvalue weighted by molar-refractivity contribution is -0.142. The minimum Gasteiger partial charge on any atom is -0.490 e. The number of likely N-dealkylation sites (N-methyl/N-ethyl adjacent to an activating group) is 1. The Labute approximate surface area is 232 Å². The number of piperidine rings is 1. The Morgan fingerprint density at radius 3 is 2.50 bits per heavy atom. The standard InChI is InChI=1S/C28H32ClN3O5S/c1-4-32-27(34)24(17-19-15-22(29)26(23(16-19)36-5-2)37-18-25(33)35-3)38-28(32)30-20-9-11-21(12-10-20)31-13-7-6-8-14-31/h9-12,15-17H,4-8,13-14,18H2,1-3H3/b24-17-,30-28?. The third-order valence-electron chi connectivity index (χ3n) is 6.19. The lowest BCUT2D eigenvalue weighted by Gasteiger charge is -2.28. The summed E-state index contributed by atoms with van der Waals surface area (Å²) in [7, 11) is 1.28. The quantitative estimate of drug-likeness (QED) is 0.280. The summed E-state index contributed by atoms with van der Waals surface area (Å²) in [5.41, 5.74) is 2.68. The molecule has 0 aliphatic carbocycles. The highest BCUT2D eigenvalue weighted by Crippen LogP contribution is 2.39. The average molecular weight is 558 g/mol. The van der Waals surface area contributed by atoms with E-state index in [9.17, 15) is 9.59 Å². The number of esters is 1. The number of aliphatic imine (C=N–C) groups is 1. The van der Waals surface area contributed by atoms with Crippen LogP contribution in [0, 0.1) is 0 Å². The summed E-state index contributed by atoms with van der Waals surface area (Å²) in [5, 5.41) is 0.890. The number of hydrogen-bond acceptors (Lipinski definition) is 8. The summed E-state index contributed by atoms with van der Waals surface area (Å²) in [6.07, 6.45) is 5.51. The maximum atomic E-state index is 13.2. The van der Waals surface area contributed by atoms with Gasteiger partial charge in [0.25, 0.3) is 5.91 Å². The SMILES string of the molecule is CCOc1cc(/C=C2\SC(=Nc3ccc(N4CCCCC4)cc3)N(CC)C2=O)cc(Cl)c1OCC(=O)OC. The smallest absolute Gasteiger partial charge is 0.343 e.